The van der Waals surface area contributed by atoms with Crippen LogP contribution in [-0.2, 0) is 11.3 Å². The standard InChI is InChI=1S/C16H18N2O2/c1-12-6-4-5-7-15(12)18(2)11-14-9-8-13(10-17-14)16(19)20-3/h4-10H,11H2,1-3H3. The van der Waals surface area contributed by atoms with E-state index in [0.717, 1.165) is 5.69 Å². The summed E-state index contributed by atoms with van der Waals surface area (Å²) in [7, 11) is 3.39. The molecule has 0 aliphatic rings. The molecule has 0 fully saturated rings. The number of hydrogen-bond acceptors (Lipinski definition) is 4. The van der Waals surface area contributed by atoms with Crippen LogP contribution in [0.4, 0.5) is 5.69 Å². The zero-order chi connectivity index (χ0) is 14.5. The Morgan fingerprint density at radius 2 is 2.00 bits per heavy atom. The first-order valence-corrected chi connectivity index (χ1v) is 6.42. The fourth-order valence-electron chi connectivity index (χ4n) is 2.08. The van der Waals surface area contributed by atoms with Gasteiger partial charge in [-0.05, 0) is 30.7 Å². The van der Waals surface area contributed by atoms with Gasteiger partial charge in [-0.2, -0.15) is 0 Å². The van der Waals surface area contributed by atoms with Gasteiger partial charge in [0.05, 0.1) is 24.9 Å². The second kappa shape index (κ2) is 6.19. The summed E-state index contributed by atoms with van der Waals surface area (Å²) in [6, 6.07) is 11.8. The van der Waals surface area contributed by atoms with Crippen LogP contribution in [0.15, 0.2) is 42.6 Å². The van der Waals surface area contributed by atoms with Gasteiger partial charge < -0.3 is 9.64 Å². The monoisotopic (exact) mass is 270 g/mol. The SMILES string of the molecule is COC(=O)c1ccc(CN(C)c2ccccc2C)nc1. The highest BCUT2D eigenvalue weighted by molar-refractivity contribution is 5.88. The number of nitrogens with zero attached hydrogens (tertiary/aromatic N) is 2. The smallest absolute Gasteiger partial charge is 0.339 e. The number of hydrogen-bond donors (Lipinski definition) is 0. The van der Waals surface area contributed by atoms with Crippen molar-refractivity contribution >= 4 is 11.7 Å². The van der Waals surface area contributed by atoms with Gasteiger partial charge in [0.2, 0.25) is 0 Å². The van der Waals surface area contributed by atoms with E-state index in [1.165, 1.54) is 18.4 Å². The second-order valence-corrected chi connectivity index (χ2v) is 4.67. The Morgan fingerprint density at radius 1 is 1.25 bits per heavy atom. The largest absolute Gasteiger partial charge is 0.465 e. The molecule has 0 amide bonds. The molecule has 1 aromatic carbocycles. The maximum Gasteiger partial charge on any atom is 0.339 e. The quantitative estimate of drug-likeness (QED) is 0.801. The average Bonchev–Trinajstić information content (AvgIpc) is 2.47. The third-order valence-corrected chi connectivity index (χ3v) is 3.17. The van der Waals surface area contributed by atoms with Crippen molar-refractivity contribution in [3.05, 3.63) is 59.4 Å². The molecule has 0 radical (unpaired) electrons. The number of carbonyl (C=O) groups excluding carboxylic acids is 1. The number of ether oxygens (including phenoxy) is 1. The Hall–Kier alpha value is -2.36. The number of aromatic nitrogens is 1. The molecule has 2 rings (SSSR count). The Labute approximate surface area is 119 Å². The summed E-state index contributed by atoms with van der Waals surface area (Å²) in [6.07, 6.45) is 1.55. The number of benzene rings is 1. The number of anilines is 1. The van der Waals surface area contributed by atoms with Gasteiger partial charge in [0.25, 0.3) is 0 Å². The predicted octanol–water partition coefficient (Wildman–Crippen LogP) is 2.81. The van der Waals surface area contributed by atoms with E-state index in [1.807, 2.05) is 25.2 Å². The van der Waals surface area contributed by atoms with Crippen LogP contribution in [0.3, 0.4) is 0 Å². The van der Waals surface area contributed by atoms with Crippen molar-refractivity contribution in [2.75, 3.05) is 19.1 Å². The Morgan fingerprint density at radius 3 is 2.60 bits per heavy atom. The van der Waals surface area contributed by atoms with Crippen LogP contribution in [0.5, 0.6) is 0 Å². The van der Waals surface area contributed by atoms with Crippen LogP contribution in [0.25, 0.3) is 0 Å². The normalized spacial score (nSPS) is 10.2. The Balaban J connectivity index is 2.10. The number of para-hydroxylation sites is 1. The highest BCUT2D eigenvalue weighted by Crippen LogP contribution is 2.19. The van der Waals surface area contributed by atoms with Crippen molar-refractivity contribution < 1.29 is 9.53 Å². The van der Waals surface area contributed by atoms with Gasteiger partial charge in [0.1, 0.15) is 0 Å². The van der Waals surface area contributed by atoms with Crippen molar-refractivity contribution in [3.63, 3.8) is 0 Å². The molecule has 4 heteroatoms. The van der Waals surface area contributed by atoms with Crippen molar-refractivity contribution in [2.45, 2.75) is 13.5 Å². The molecule has 4 nitrogen and oxygen atoms in total. The van der Waals surface area contributed by atoms with Crippen molar-refractivity contribution in [3.8, 4) is 0 Å². The third-order valence-electron chi connectivity index (χ3n) is 3.17. The summed E-state index contributed by atoms with van der Waals surface area (Å²) in [5, 5.41) is 0. The van der Waals surface area contributed by atoms with Crippen molar-refractivity contribution in [1.82, 2.24) is 4.98 Å². The lowest BCUT2D eigenvalue weighted by atomic mass is 10.2. The average molecular weight is 270 g/mol. The van der Waals surface area contributed by atoms with Gasteiger partial charge in [-0.1, -0.05) is 18.2 Å². The second-order valence-electron chi connectivity index (χ2n) is 4.67. The third kappa shape index (κ3) is 3.15. The lowest BCUT2D eigenvalue weighted by Gasteiger charge is -2.21. The lowest BCUT2D eigenvalue weighted by molar-refractivity contribution is 0.0600. The molecular weight excluding hydrogens is 252 g/mol. The van der Waals surface area contributed by atoms with Crippen LogP contribution in [0, 0.1) is 6.92 Å². The summed E-state index contributed by atoms with van der Waals surface area (Å²) in [5.74, 6) is -0.365. The van der Waals surface area contributed by atoms with Crippen LogP contribution < -0.4 is 4.90 Å². The minimum atomic E-state index is -0.365. The molecule has 0 saturated carbocycles. The van der Waals surface area contributed by atoms with Crippen molar-refractivity contribution in [1.29, 1.82) is 0 Å². The van der Waals surface area contributed by atoms with Gasteiger partial charge in [0, 0.05) is 18.9 Å². The van der Waals surface area contributed by atoms with Gasteiger partial charge in [0.15, 0.2) is 0 Å². The first kappa shape index (κ1) is 14.1. The Kier molecular flexibility index (Phi) is 4.35. The van der Waals surface area contributed by atoms with Gasteiger partial charge >= 0.3 is 5.97 Å². The molecular formula is C16H18N2O2. The number of aryl methyl sites for hydroxylation is 1. The maximum atomic E-state index is 11.3. The minimum absolute atomic E-state index is 0.365. The first-order valence-electron chi connectivity index (χ1n) is 6.42. The van der Waals surface area contributed by atoms with Crippen LogP contribution >= 0.6 is 0 Å². The van der Waals surface area contributed by atoms with Gasteiger partial charge in [-0.3, -0.25) is 4.98 Å². The van der Waals surface area contributed by atoms with Crippen LogP contribution in [-0.4, -0.2) is 25.1 Å². The number of rotatable bonds is 4. The predicted molar refractivity (Wildman–Crippen MR) is 78.9 cm³/mol. The molecule has 0 bridgehead atoms. The van der Waals surface area contributed by atoms with E-state index >= 15 is 0 Å². The lowest BCUT2D eigenvalue weighted by Crippen LogP contribution is -2.18. The molecule has 0 unspecified atom stereocenters. The fourth-order valence-corrected chi connectivity index (χ4v) is 2.08. The minimum Gasteiger partial charge on any atom is -0.465 e. The number of carbonyl (C=O) groups is 1. The molecule has 0 saturated heterocycles. The summed E-state index contributed by atoms with van der Waals surface area (Å²) >= 11 is 0. The van der Waals surface area contributed by atoms with E-state index in [4.69, 9.17) is 0 Å². The number of pyridine rings is 1. The molecule has 0 aliphatic heterocycles. The fraction of sp³-hybridized carbons (Fsp3) is 0.250. The van der Waals surface area contributed by atoms with Crippen LogP contribution in [0.1, 0.15) is 21.6 Å². The summed E-state index contributed by atoms with van der Waals surface area (Å²) in [4.78, 5) is 17.8. The van der Waals surface area contributed by atoms with E-state index in [0.29, 0.717) is 12.1 Å². The highest BCUT2D eigenvalue weighted by Gasteiger charge is 2.08. The first-order chi connectivity index (χ1) is 9.61. The molecule has 0 spiro atoms. The molecule has 0 aliphatic carbocycles. The number of esters is 1. The van der Waals surface area contributed by atoms with E-state index < -0.39 is 0 Å². The Bertz CT molecular complexity index is 594. The molecule has 2 aromatic rings. The van der Waals surface area contributed by atoms with Gasteiger partial charge in [-0.25, -0.2) is 4.79 Å². The number of methoxy groups -OCH3 is 1. The molecule has 20 heavy (non-hydrogen) atoms. The van der Waals surface area contributed by atoms with E-state index in [1.54, 1.807) is 12.3 Å². The van der Waals surface area contributed by atoms with E-state index in [2.05, 4.69) is 33.7 Å². The zero-order valence-electron chi connectivity index (χ0n) is 12.0. The van der Waals surface area contributed by atoms with Crippen molar-refractivity contribution in [2.24, 2.45) is 0 Å². The van der Waals surface area contributed by atoms with E-state index in [9.17, 15) is 4.79 Å². The van der Waals surface area contributed by atoms with Crippen LogP contribution in [0.2, 0.25) is 0 Å². The van der Waals surface area contributed by atoms with Gasteiger partial charge in [-0.15, -0.1) is 0 Å². The molecule has 0 N–H and O–H groups in total. The molecule has 104 valence electrons. The molecule has 0 atom stereocenters. The van der Waals surface area contributed by atoms with E-state index in [-0.39, 0.29) is 5.97 Å². The topological polar surface area (TPSA) is 42.4 Å². The molecule has 1 heterocycles. The highest BCUT2D eigenvalue weighted by atomic mass is 16.5. The molecule has 1 aromatic heterocycles. The maximum absolute atomic E-state index is 11.3. The zero-order valence-corrected chi connectivity index (χ0v) is 12.0. The summed E-state index contributed by atoms with van der Waals surface area (Å²) in [5.41, 5.74) is 3.77. The summed E-state index contributed by atoms with van der Waals surface area (Å²) in [6.45, 7) is 2.77. The summed E-state index contributed by atoms with van der Waals surface area (Å²) < 4.78 is 4.65.